The first-order valence-corrected chi connectivity index (χ1v) is 33.0. The number of rotatable bonds is 16. The molecule has 3 aliphatic carbocycles. The molecule has 6 N–H and O–H groups in total. The second-order valence-corrected chi connectivity index (χ2v) is 26.3. The molecular formula is C74H68BBr2N7O14. The number of benzene rings is 8. The number of nitrogens with zero attached hydrogens (tertiary/aromatic N) is 4. The van der Waals surface area contributed by atoms with Gasteiger partial charge in [0.25, 0.3) is 11.8 Å². The van der Waals surface area contributed by atoms with Crippen molar-refractivity contribution in [2.45, 2.75) is 74.2 Å². The van der Waals surface area contributed by atoms with E-state index in [0.717, 1.165) is 103 Å². The van der Waals surface area contributed by atoms with E-state index in [1.807, 2.05) is 103 Å². The number of aliphatic hydroxyl groups is 1. The first kappa shape index (κ1) is 69.2. The number of carbonyl (C=O) groups excluding carboxylic acids is 5. The Bertz CT molecular complexity index is 4470. The number of nitriles is 2. The van der Waals surface area contributed by atoms with E-state index in [2.05, 4.69) is 59.9 Å². The molecular weight excluding hydrogens is 1380 g/mol. The molecule has 0 radical (unpaired) electrons. The van der Waals surface area contributed by atoms with Crippen LogP contribution < -0.4 is 49.8 Å². The fourth-order valence-corrected chi connectivity index (χ4v) is 12.5. The Labute approximate surface area is 583 Å². The lowest BCUT2D eigenvalue weighted by molar-refractivity contribution is -0.119. The van der Waals surface area contributed by atoms with E-state index in [4.69, 9.17) is 43.7 Å². The zero-order valence-electron chi connectivity index (χ0n) is 54.0. The van der Waals surface area contributed by atoms with Crippen molar-refractivity contribution < 1.29 is 67.5 Å². The Balaban J connectivity index is 0.000000138. The molecule has 98 heavy (non-hydrogen) atoms. The molecule has 0 aromatic heterocycles. The van der Waals surface area contributed by atoms with Gasteiger partial charge in [0, 0.05) is 65.3 Å². The first-order valence-electron chi connectivity index (χ1n) is 31.4. The highest BCUT2D eigenvalue weighted by atomic mass is 79.9. The normalized spacial score (nSPS) is 14.8. The summed E-state index contributed by atoms with van der Waals surface area (Å²) in [6.07, 6.45) is 5.35. The third kappa shape index (κ3) is 15.3. The maximum atomic E-state index is 13.4. The highest BCUT2D eigenvalue weighted by Gasteiger charge is 2.54. The molecule has 3 fully saturated rings. The van der Waals surface area contributed by atoms with Crippen molar-refractivity contribution in [3.8, 4) is 57.8 Å². The third-order valence-electron chi connectivity index (χ3n) is 17.7. The van der Waals surface area contributed by atoms with Gasteiger partial charge in [0.15, 0.2) is 34.5 Å². The molecule has 0 spiro atoms. The van der Waals surface area contributed by atoms with Gasteiger partial charge in [-0.1, -0.05) is 92.5 Å². The van der Waals surface area contributed by atoms with Gasteiger partial charge in [0.1, 0.15) is 0 Å². The van der Waals surface area contributed by atoms with E-state index in [1.54, 1.807) is 70.7 Å². The predicted molar refractivity (Wildman–Crippen MR) is 373 cm³/mol. The summed E-state index contributed by atoms with van der Waals surface area (Å²) < 4.78 is 34.0. The maximum Gasteiger partial charge on any atom is 0.488 e. The fourth-order valence-electron chi connectivity index (χ4n) is 11.5. The van der Waals surface area contributed by atoms with E-state index >= 15 is 0 Å². The van der Waals surface area contributed by atoms with Gasteiger partial charge in [0.05, 0.1) is 47.8 Å². The summed E-state index contributed by atoms with van der Waals surface area (Å²) in [6, 6.07) is 51.3. The van der Waals surface area contributed by atoms with Gasteiger partial charge in [-0.25, -0.2) is 0 Å². The van der Waals surface area contributed by atoms with Crippen molar-refractivity contribution in [1.82, 2.24) is 9.80 Å². The van der Waals surface area contributed by atoms with E-state index in [0.29, 0.717) is 63.1 Å². The molecule has 3 heterocycles. The quantitative estimate of drug-likeness (QED) is 0.0490. The number of amides is 5. The highest BCUT2D eigenvalue weighted by molar-refractivity contribution is 9.10. The minimum atomic E-state index is -1.49. The van der Waals surface area contributed by atoms with Crippen LogP contribution in [0.5, 0.6) is 34.5 Å². The number of nitrogens with one attached hydrogen (secondary N) is 3. The molecule has 0 bridgehead atoms. The molecule has 3 aliphatic heterocycles. The summed E-state index contributed by atoms with van der Waals surface area (Å²) in [5, 5.41) is 54.0. The van der Waals surface area contributed by atoms with Crippen LogP contribution in [-0.4, -0.2) is 110 Å². The van der Waals surface area contributed by atoms with Gasteiger partial charge >= 0.3 is 7.12 Å². The number of anilines is 3. The van der Waals surface area contributed by atoms with Crippen LogP contribution in [0.3, 0.4) is 0 Å². The van der Waals surface area contributed by atoms with Gasteiger partial charge in [0.2, 0.25) is 38.1 Å². The van der Waals surface area contributed by atoms with Crippen molar-refractivity contribution in [3.05, 3.63) is 211 Å². The lowest BCUT2D eigenvalue weighted by atomic mass is 9.80. The van der Waals surface area contributed by atoms with Crippen LogP contribution in [0.2, 0.25) is 0 Å². The molecule has 6 aliphatic rings. The predicted octanol–water partition coefficient (Wildman–Crippen LogP) is 10.8. The third-order valence-corrected chi connectivity index (χ3v) is 19.2. The smallest absolute Gasteiger partial charge is 0.454 e. The monoisotopic (exact) mass is 1450 g/mol. The van der Waals surface area contributed by atoms with Gasteiger partial charge in [-0.2, -0.15) is 10.5 Å². The van der Waals surface area contributed by atoms with Crippen LogP contribution in [-0.2, 0) is 50.1 Å². The van der Waals surface area contributed by atoms with Crippen LogP contribution >= 0.6 is 31.9 Å². The zero-order chi connectivity index (χ0) is 69.5. The molecule has 5 amide bonds. The maximum absolute atomic E-state index is 13.4. The van der Waals surface area contributed by atoms with Crippen LogP contribution in [0.1, 0.15) is 92.6 Å². The van der Waals surface area contributed by atoms with Gasteiger partial charge in [-0.15, -0.1) is 0 Å². The number of aliphatic hydroxyl groups excluding tert-OH is 1. The molecule has 3 saturated carbocycles. The average molecular weight is 1450 g/mol. The van der Waals surface area contributed by atoms with Crippen molar-refractivity contribution in [3.63, 3.8) is 0 Å². The highest BCUT2D eigenvalue weighted by Crippen LogP contribution is 2.54. The average Bonchev–Trinajstić information content (AvgIpc) is 1.60. The Kier molecular flexibility index (Phi) is 20.9. The Hall–Kier alpha value is -10.2. The lowest BCUT2D eigenvalue weighted by Crippen LogP contribution is -2.30. The Morgan fingerprint density at radius 1 is 0.459 bits per heavy atom. The number of hydrogen-bond donors (Lipinski definition) is 6. The summed E-state index contributed by atoms with van der Waals surface area (Å²) in [5.41, 5.74) is 9.07. The van der Waals surface area contributed by atoms with E-state index in [9.17, 15) is 34.3 Å². The minimum absolute atomic E-state index is 0.0219. The van der Waals surface area contributed by atoms with Crippen LogP contribution in [0.4, 0.5) is 17.1 Å². The van der Waals surface area contributed by atoms with Crippen molar-refractivity contribution in [1.29, 1.82) is 10.5 Å². The van der Waals surface area contributed by atoms with Crippen molar-refractivity contribution >= 4 is 91.0 Å². The van der Waals surface area contributed by atoms with Crippen molar-refractivity contribution in [2.75, 3.05) is 64.5 Å². The zero-order valence-corrected chi connectivity index (χ0v) is 57.1. The number of carbonyl (C=O) groups is 5. The number of ether oxygens (including phenoxy) is 6. The van der Waals surface area contributed by atoms with Gasteiger partial charge in [-0.05, 0) is 186 Å². The first-order chi connectivity index (χ1) is 47.2. The molecule has 24 heteroatoms. The number of halogens is 2. The van der Waals surface area contributed by atoms with Crippen LogP contribution in [0.25, 0.3) is 11.1 Å². The molecule has 8 aromatic rings. The second kappa shape index (κ2) is 29.6. The van der Waals surface area contributed by atoms with Crippen LogP contribution in [0.15, 0.2) is 167 Å². The second-order valence-electron chi connectivity index (χ2n) is 24.6. The molecule has 0 saturated heterocycles. The Morgan fingerprint density at radius 2 is 0.806 bits per heavy atom. The molecule has 0 unspecified atom stereocenters. The molecule has 500 valence electrons. The number of hydrogen-bond acceptors (Lipinski definition) is 16. The van der Waals surface area contributed by atoms with Gasteiger partial charge < -0.3 is 69.3 Å². The molecule has 8 aromatic carbocycles. The van der Waals surface area contributed by atoms with Gasteiger partial charge in [-0.3, -0.25) is 24.0 Å². The summed E-state index contributed by atoms with van der Waals surface area (Å²) >= 11 is 6.85. The van der Waals surface area contributed by atoms with E-state index < -0.39 is 23.4 Å². The van der Waals surface area contributed by atoms with E-state index in [-0.39, 0.29) is 62.9 Å². The fraction of sp³-hybridized carbons (Fsp3) is 0.257. The standard InChI is InChI=1S/C28H25N3O4.C19H15BrN2O3.C18H16BrNO4.C9H12BNO3/c1-31(2)26(32)20-5-3-18(4-6-20)23-16-22(9-7-19(23)11-14-29)30-27(33)28(12-13-28)21-8-10-24-25(15-21)35-17-34-24;20-15-10-14(3-1-12(15)5-8-21)22-18(23)19(6-7-19)13-2-4-16-17(9-13)25-11-24-16;19-14-8-13(3-1-11(14)9-21)20-17(22)18(5-6-18)12-2-4-15-16(7-12)24-10-23-15;1-11(2)9(12)7-3-5-8(6-4-7)10(13)14/h3-10,15-16H,11-13,17H2,1-2H3,(H,30,33);1-4,9-10H,5-7,11H2,(H,22,23);1-4,7-8,21H,5-6,9-10H2,(H,20,22);3-6,13-14H,1-2H3. The summed E-state index contributed by atoms with van der Waals surface area (Å²) in [6.45, 7) is 0.598. The number of fused-ring (bicyclic) bond motifs is 3. The molecule has 0 atom stereocenters. The van der Waals surface area contributed by atoms with Crippen LogP contribution in [0, 0.1) is 22.7 Å². The Morgan fingerprint density at radius 3 is 1.15 bits per heavy atom. The summed E-state index contributed by atoms with van der Waals surface area (Å²) in [7, 11) is 5.26. The van der Waals surface area contributed by atoms with Crippen molar-refractivity contribution in [2.24, 2.45) is 0 Å². The molecule has 14 rings (SSSR count). The summed E-state index contributed by atoms with van der Waals surface area (Å²) in [4.78, 5) is 65.7. The topological polar surface area (TPSA) is 292 Å². The largest absolute Gasteiger partial charge is 0.488 e. The summed E-state index contributed by atoms with van der Waals surface area (Å²) in [5.74, 6) is 3.90. The van der Waals surface area contributed by atoms with E-state index in [1.165, 1.54) is 21.9 Å². The molecule has 21 nitrogen and oxygen atoms in total. The minimum Gasteiger partial charge on any atom is -0.454 e. The SMILES string of the molecule is CN(C)C(=O)c1ccc(-c2cc(NC(=O)C3(c4ccc5c(c4)OCO5)CC3)ccc2CC#N)cc1.CN(C)C(=O)c1ccc(B(O)O)cc1.N#CCc1ccc(NC(=O)C2(c3ccc4c(c3)OCO4)CC2)cc1Br.O=C(Nc1ccc(CO)c(Br)c1)C1(c2ccc3c(c2)OCO3)CC1. The lowest BCUT2D eigenvalue weighted by Gasteiger charge is -2.18.